The molecule has 0 bridgehead atoms. The average molecular weight is 375 g/mol. The molecular weight excluding hydrogens is 348 g/mol. The number of hydrogen-bond acceptors (Lipinski definition) is 3. The molecule has 1 N–H and O–H groups in total. The maximum absolute atomic E-state index is 12.6. The van der Waals surface area contributed by atoms with E-state index in [4.69, 9.17) is 0 Å². The van der Waals surface area contributed by atoms with Crippen LogP contribution in [0.25, 0.3) is 0 Å². The van der Waals surface area contributed by atoms with Crippen molar-refractivity contribution >= 4 is 21.6 Å². The summed E-state index contributed by atoms with van der Waals surface area (Å²) in [6.07, 6.45) is 1.12. The lowest BCUT2D eigenvalue weighted by Gasteiger charge is -2.29. The van der Waals surface area contributed by atoms with Crippen LogP contribution in [0.2, 0.25) is 0 Å². The zero-order valence-corrected chi connectivity index (χ0v) is 16.7. The zero-order chi connectivity index (χ0) is 19.5. The fourth-order valence-corrected chi connectivity index (χ4v) is 4.00. The molecule has 1 atom stereocenters. The van der Waals surface area contributed by atoms with Crippen LogP contribution in [0.1, 0.15) is 29.2 Å². The summed E-state index contributed by atoms with van der Waals surface area (Å²) in [5, 5.41) is 2.83. The molecule has 0 spiro atoms. The summed E-state index contributed by atoms with van der Waals surface area (Å²) in [5.41, 5.74) is 4.39. The van der Waals surface area contributed by atoms with E-state index in [1.165, 1.54) is 4.31 Å². The number of nitrogens with one attached hydrogen (secondary N) is 1. The van der Waals surface area contributed by atoms with Crippen LogP contribution in [0, 0.1) is 20.8 Å². The predicted molar refractivity (Wildman–Crippen MR) is 106 cm³/mol. The van der Waals surface area contributed by atoms with E-state index in [1.54, 1.807) is 13.0 Å². The first-order chi connectivity index (χ1) is 12.1. The fourth-order valence-electron chi connectivity index (χ4n) is 2.78. The number of amides is 1. The topological polar surface area (TPSA) is 66.5 Å². The number of anilines is 1. The van der Waals surface area contributed by atoms with Crippen molar-refractivity contribution in [2.24, 2.45) is 0 Å². The Labute approximate surface area is 156 Å². The van der Waals surface area contributed by atoms with Crippen molar-refractivity contribution in [3.8, 4) is 0 Å². The number of carbonyl (C=O) groups excluding carboxylic acids is 1. The molecule has 0 saturated heterocycles. The zero-order valence-electron chi connectivity index (χ0n) is 15.9. The normalized spacial score (nSPS) is 12.5. The summed E-state index contributed by atoms with van der Waals surface area (Å²) in [4.78, 5) is 12.6. The minimum Gasteiger partial charge on any atom is -0.350 e. The van der Waals surface area contributed by atoms with Crippen LogP contribution >= 0.6 is 0 Å². The Morgan fingerprint density at radius 1 is 1.04 bits per heavy atom. The van der Waals surface area contributed by atoms with Gasteiger partial charge >= 0.3 is 0 Å². The quantitative estimate of drug-likeness (QED) is 0.845. The highest BCUT2D eigenvalue weighted by Crippen LogP contribution is 2.26. The van der Waals surface area contributed by atoms with Crippen LogP contribution in [-0.4, -0.2) is 26.6 Å². The molecule has 0 saturated carbocycles. The van der Waals surface area contributed by atoms with Gasteiger partial charge in [0.1, 0.15) is 6.04 Å². The highest BCUT2D eigenvalue weighted by atomic mass is 32.2. The van der Waals surface area contributed by atoms with E-state index in [-0.39, 0.29) is 5.91 Å². The predicted octanol–water partition coefficient (Wildman–Crippen LogP) is 3.08. The standard InChI is InChI=1S/C20H26N2O3S/c1-14-7-10-18(11-8-14)13-21-20(23)17(4)22(26(5,24)25)19-12-15(2)6-9-16(19)3/h6-12,17H,13H2,1-5H3,(H,21,23)/t17-/m1/s1. The van der Waals surface area contributed by atoms with Crippen molar-refractivity contribution in [1.82, 2.24) is 5.32 Å². The van der Waals surface area contributed by atoms with Gasteiger partial charge in [0.25, 0.3) is 0 Å². The van der Waals surface area contributed by atoms with E-state index < -0.39 is 16.1 Å². The molecule has 0 unspecified atom stereocenters. The number of hydrogen-bond donors (Lipinski definition) is 1. The lowest BCUT2D eigenvalue weighted by Crippen LogP contribution is -2.48. The van der Waals surface area contributed by atoms with Crippen LogP contribution in [-0.2, 0) is 21.4 Å². The number of nitrogens with zero attached hydrogens (tertiary/aromatic N) is 1. The Bertz CT molecular complexity index is 890. The first kappa shape index (κ1) is 20.0. The van der Waals surface area contributed by atoms with E-state index in [0.717, 1.165) is 28.5 Å². The first-order valence-electron chi connectivity index (χ1n) is 8.49. The molecule has 5 nitrogen and oxygen atoms in total. The van der Waals surface area contributed by atoms with Gasteiger partial charge in [-0.15, -0.1) is 0 Å². The summed E-state index contributed by atoms with van der Waals surface area (Å²) >= 11 is 0. The Hall–Kier alpha value is -2.34. The molecule has 0 aliphatic carbocycles. The molecule has 26 heavy (non-hydrogen) atoms. The minimum absolute atomic E-state index is 0.336. The number of sulfonamides is 1. The number of aryl methyl sites for hydroxylation is 3. The maximum atomic E-state index is 12.6. The Morgan fingerprint density at radius 3 is 2.19 bits per heavy atom. The lowest BCUT2D eigenvalue weighted by molar-refractivity contribution is -0.122. The highest BCUT2D eigenvalue weighted by Gasteiger charge is 2.30. The van der Waals surface area contributed by atoms with E-state index in [0.29, 0.717) is 12.2 Å². The highest BCUT2D eigenvalue weighted by molar-refractivity contribution is 7.92. The third-order valence-corrected chi connectivity index (χ3v) is 5.51. The van der Waals surface area contributed by atoms with Crippen molar-refractivity contribution in [2.45, 2.75) is 40.3 Å². The molecule has 0 aromatic heterocycles. The minimum atomic E-state index is -3.62. The van der Waals surface area contributed by atoms with Gasteiger partial charge in [-0.2, -0.15) is 0 Å². The molecule has 0 aliphatic heterocycles. The molecule has 0 aliphatic rings. The second kappa shape index (κ2) is 7.91. The molecule has 140 valence electrons. The average Bonchev–Trinajstić information content (AvgIpc) is 2.56. The van der Waals surface area contributed by atoms with Gasteiger partial charge in [0.05, 0.1) is 11.9 Å². The van der Waals surface area contributed by atoms with Gasteiger partial charge in [0.2, 0.25) is 15.9 Å². The smallest absolute Gasteiger partial charge is 0.243 e. The SMILES string of the molecule is Cc1ccc(CNC(=O)[C@@H](C)N(c2cc(C)ccc2C)S(C)(=O)=O)cc1. The first-order valence-corrected chi connectivity index (χ1v) is 10.3. The van der Waals surface area contributed by atoms with Gasteiger partial charge in [-0.05, 0) is 50.5 Å². The van der Waals surface area contributed by atoms with Crippen LogP contribution < -0.4 is 9.62 Å². The van der Waals surface area contributed by atoms with Crippen molar-refractivity contribution in [1.29, 1.82) is 0 Å². The van der Waals surface area contributed by atoms with E-state index in [1.807, 2.05) is 57.2 Å². The lowest BCUT2D eigenvalue weighted by atomic mass is 10.1. The van der Waals surface area contributed by atoms with Gasteiger partial charge in [-0.1, -0.05) is 42.0 Å². The third kappa shape index (κ3) is 4.85. The monoisotopic (exact) mass is 374 g/mol. The number of carbonyl (C=O) groups is 1. The third-order valence-electron chi connectivity index (χ3n) is 4.28. The van der Waals surface area contributed by atoms with Crippen LogP contribution in [0.3, 0.4) is 0 Å². The van der Waals surface area contributed by atoms with Crippen LogP contribution in [0.5, 0.6) is 0 Å². The van der Waals surface area contributed by atoms with E-state index in [9.17, 15) is 13.2 Å². The second-order valence-electron chi connectivity index (χ2n) is 6.73. The van der Waals surface area contributed by atoms with Gasteiger partial charge in [-0.3, -0.25) is 9.10 Å². The van der Waals surface area contributed by atoms with Gasteiger partial charge in [-0.25, -0.2) is 8.42 Å². The van der Waals surface area contributed by atoms with Crippen LogP contribution in [0.15, 0.2) is 42.5 Å². The Morgan fingerprint density at radius 2 is 1.62 bits per heavy atom. The van der Waals surface area contributed by atoms with Gasteiger partial charge in [0, 0.05) is 6.54 Å². The van der Waals surface area contributed by atoms with Crippen molar-refractivity contribution < 1.29 is 13.2 Å². The number of rotatable bonds is 6. The fraction of sp³-hybridized carbons (Fsp3) is 0.350. The Kier molecular flexibility index (Phi) is 6.08. The molecule has 6 heteroatoms. The molecule has 1 amide bonds. The molecular formula is C20H26N2O3S. The summed E-state index contributed by atoms with van der Waals surface area (Å²) < 4.78 is 26.0. The van der Waals surface area contributed by atoms with Crippen molar-refractivity contribution in [2.75, 3.05) is 10.6 Å². The van der Waals surface area contributed by atoms with Gasteiger partial charge < -0.3 is 5.32 Å². The Balaban J connectivity index is 2.23. The largest absolute Gasteiger partial charge is 0.350 e. The summed E-state index contributed by atoms with van der Waals surface area (Å²) in [5.74, 6) is -0.336. The van der Waals surface area contributed by atoms with E-state index >= 15 is 0 Å². The number of benzene rings is 2. The maximum Gasteiger partial charge on any atom is 0.243 e. The molecule has 0 radical (unpaired) electrons. The van der Waals surface area contributed by atoms with Crippen molar-refractivity contribution in [3.63, 3.8) is 0 Å². The molecule has 2 aromatic carbocycles. The second-order valence-corrected chi connectivity index (χ2v) is 8.59. The molecule has 0 heterocycles. The van der Waals surface area contributed by atoms with Crippen molar-refractivity contribution in [3.05, 3.63) is 64.7 Å². The van der Waals surface area contributed by atoms with Gasteiger partial charge in [0.15, 0.2) is 0 Å². The summed E-state index contributed by atoms with van der Waals surface area (Å²) in [6.45, 7) is 7.69. The van der Waals surface area contributed by atoms with Crippen LogP contribution in [0.4, 0.5) is 5.69 Å². The van der Waals surface area contributed by atoms with E-state index in [2.05, 4.69) is 5.32 Å². The summed E-state index contributed by atoms with van der Waals surface area (Å²) in [6, 6.07) is 12.6. The molecule has 0 fully saturated rings. The summed E-state index contributed by atoms with van der Waals surface area (Å²) in [7, 11) is -3.62. The molecule has 2 aromatic rings. The molecule has 2 rings (SSSR count).